The quantitative estimate of drug-likeness (QED) is 0.661. The largest absolute Gasteiger partial charge is 0.307 e. The third-order valence-corrected chi connectivity index (χ3v) is 4.81. The van der Waals surface area contributed by atoms with Gasteiger partial charge in [-0.1, -0.05) is 67.6 Å². The lowest BCUT2D eigenvalue weighted by Crippen LogP contribution is -2.42. The molecule has 0 aliphatic carbocycles. The van der Waals surface area contributed by atoms with Gasteiger partial charge in [0.05, 0.1) is 5.41 Å². The molecule has 0 bridgehead atoms. The van der Waals surface area contributed by atoms with Gasteiger partial charge in [0, 0.05) is 12.5 Å². The Labute approximate surface area is 164 Å². The van der Waals surface area contributed by atoms with Gasteiger partial charge in [0.15, 0.2) is 0 Å². The lowest BCUT2D eigenvalue weighted by Gasteiger charge is -2.37. The highest BCUT2D eigenvalue weighted by Crippen LogP contribution is 2.39. The lowest BCUT2D eigenvalue weighted by atomic mass is 9.67. The fraction of sp³-hybridized carbons (Fsp3) is 0.381. The monoisotopic (exact) mass is 381 g/mol. The van der Waals surface area contributed by atoms with Crippen molar-refractivity contribution < 1.29 is 4.79 Å². The second kappa shape index (κ2) is 10.6. The van der Waals surface area contributed by atoms with Gasteiger partial charge in [-0.15, -0.1) is 24.8 Å². The highest BCUT2D eigenvalue weighted by molar-refractivity contribution is 5.93. The maximum absolute atomic E-state index is 13.2. The molecule has 0 aliphatic rings. The summed E-state index contributed by atoms with van der Waals surface area (Å²) in [6.45, 7) is 4.15. The van der Waals surface area contributed by atoms with Crippen molar-refractivity contribution in [3.63, 3.8) is 0 Å². The number of nitrogens with zero attached hydrogens (tertiary/aromatic N) is 1. The topological polar surface area (TPSA) is 20.3 Å². The summed E-state index contributed by atoms with van der Waals surface area (Å²) in [7, 11) is 4.14. The Balaban J connectivity index is 0.00000288. The van der Waals surface area contributed by atoms with E-state index in [-0.39, 0.29) is 30.6 Å². The standard InChI is InChI=1S/C21H27NO.2ClH/c1-5-20(23)21(16-17(2)22(3)4,18-12-8-6-9-13-18)19-14-10-7-11-15-19;;/h6-15,17H,5,16H2,1-4H3;2*1H. The van der Waals surface area contributed by atoms with Crippen LogP contribution in [0.4, 0.5) is 0 Å². The summed E-state index contributed by atoms with van der Waals surface area (Å²) in [5.41, 5.74) is 1.60. The zero-order valence-corrected chi connectivity index (χ0v) is 17.1. The molecule has 0 aromatic heterocycles. The predicted molar refractivity (Wildman–Crippen MR) is 111 cm³/mol. The van der Waals surface area contributed by atoms with Crippen LogP contribution in [0.25, 0.3) is 0 Å². The number of ketones is 1. The van der Waals surface area contributed by atoms with Crippen molar-refractivity contribution in [1.29, 1.82) is 0 Å². The second-order valence-corrected chi connectivity index (χ2v) is 6.43. The van der Waals surface area contributed by atoms with Crippen LogP contribution in [-0.2, 0) is 10.2 Å². The normalized spacial score (nSPS) is 12.0. The Hall–Kier alpha value is -1.35. The highest BCUT2D eigenvalue weighted by atomic mass is 35.5. The first kappa shape index (κ1) is 23.7. The third-order valence-electron chi connectivity index (χ3n) is 4.81. The van der Waals surface area contributed by atoms with Gasteiger partial charge in [-0.05, 0) is 38.6 Å². The fourth-order valence-corrected chi connectivity index (χ4v) is 3.21. The van der Waals surface area contributed by atoms with Crippen molar-refractivity contribution in [3.8, 4) is 0 Å². The van der Waals surface area contributed by atoms with Crippen LogP contribution in [0.5, 0.6) is 0 Å². The summed E-state index contributed by atoms with van der Waals surface area (Å²) < 4.78 is 0. The minimum atomic E-state index is -0.582. The molecule has 138 valence electrons. The third kappa shape index (κ3) is 5.07. The Morgan fingerprint density at radius 2 is 1.32 bits per heavy atom. The van der Waals surface area contributed by atoms with E-state index in [1.54, 1.807) is 0 Å². The molecule has 1 atom stereocenters. The van der Waals surface area contributed by atoms with Crippen molar-refractivity contribution >= 4 is 30.6 Å². The molecule has 4 heteroatoms. The van der Waals surface area contributed by atoms with E-state index >= 15 is 0 Å². The first-order chi connectivity index (χ1) is 11.0. The molecular formula is C21H29Cl2NO. The molecule has 0 N–H and O–H groups in total. The molecular weight excluding hydrogens is 353 g/mol. The van der Waals surface area contributed by atoms with E-state index in [2.05, 4.69) is 50.2 Å². The van der Waals surface area contributed by atoms with Crippen molar-refractivity contribution in [2.45, 2.75) is 38.1 Å². The number of rotatable bonds is 7. The molecule has 2 aromatic rings. The van der Waals surface area contributed by atoms with Gasteiger partial charge in [0.1, 0.15) is 5.78 Å². The first-order valence-electron chi connectivity index (χ1n) is 8.33. The SMILES string of the molecule is CCC(=O)C(CC(C)N(C)C)(c1ccccc1)c1ccccc1.Cl.Cl. The zero-order chi connectivity index (χ0) is 16.9. The molecule has 0 fully saturated rings. The van der Waals surface area contributed by atoms with Crippen LogP contribution in [0.1, 0.15) is 37.8 Å². The Morgan fingerprint density at radius 3 is 1.64 bits per heavy atom. The van der Waals surface area contributed by atoms with Crippen molar-refractivity contribution in [2.24, 2.45) is 0 Å². The van der Waals surface area contributed by atoms with E-state index in [9.17, 15) is 4.79 Å². The molecule has 0 amide bonds. The summed E-state index contributed by atoms with van der Waals surface area (Å²) in [6, 6.07) is 20.7. The van der Waals surface area contributed by atoms with E-state index in [0.717, 1.165) is 17.5 Å². The molecule has 25 heavy (non-hydrogen) atoms. The average Bonchev–Trinajstić information content (AvgIpc) is 2.60. The van der Waals surface area contributed by atoms with Gasteiger partial charge in [-0.25, -0.2) is 0 Å². The van der Waals surface area contributed by atoms with E-state index in [4.69, 9.17) is 0 Å². The summed E-state index contributed by atoms with van der Waals surface area (Å²) >= 11 is 0. The maximum atomic E-state index is 13.2. The summed E-state index contributed by atoms with van der Waals surface area (Å²) in [5.74, 6) is 0.281. The highest BCUT2D eigenvalue weighted by Gasteiger charge is 2.41. The molecule has 1 unspecified atom stereocenters. The van der Waals surface area contributed by atoms with Gasteiger partial charge in [0.2, 0.25) is 0 Å². The van der Waals surface area contributed by atoms with Crippen LogP contribution in [-0.4, -0.2) is 30.8 Å². The zero-order valence-electron chi connectivity index (χ0n) is 15.4. The molecule has 0 spiro atoms. The number of hydrogen-bond acceptors (Lipinski definition) is 2. The molecule has 0 saturated carbocycles. The van der Waals surface area contributed by atoms with Crippen LogP contribution in [0.3, 0.4) is 0 Å². The van der Waals surface area contributed by atoms with Gasteiger partial charge in [0.25, 0.3) is 0 Å². The number of carbonyl (C=O) groups is 1. The number of hydrogen-bond donors (Lipinski definition) is 0. The maximum Gasteiger partial charge on any atom is 0.147 e. The first-order valence-corrected chi connectivity index (χ1v) is 8.33. The number of carbonyl (C=O) groups excluding carboxylic acids is 1. The van der Waals surface area contributed by atoms with E-state index in [1.165, 1.54) is 0 Å². The lowest BCUT2D eigenvalue weighted by molar-refractivity contribution is -0.123. The van der Waals surface area contributed by atoms with E-state index in [0.29, 0.717) is 12.5 Å². The Kier molecular flexibility index (Phi) is 10.0. The van der Waals surface area contributed by atoms with Crippen LogP contribution < -0.4 is 0 Å². The Morgan fingerprint density at radius 1 is 0.920 bits per heavy atom. The molecule has 0 saturated heterocycles. The average molecular weight is 382 g/mol. The molecule has 0 radical (unpaired) electrons. The second-order valence-electron chi connectivity index (χ2n) is 6.43. The number of benzene rings is 2. The molecule has 0 heterocycles. The minimum Gasteiger partial charge on any atom is -0.307 e. The van der Waals surface area contributed by atoms with Gasteiger partial charge in [-0.2, -0.15) is 0 Å². The van der Waals surface area contributed by atoms with Crippen LogP contribution in [0, 0.1) is 0 Å². The van der Waals surface area contributed by atoms with E-state index < -0.39 is 5.41 Å². The number of Topliss-reactive ketones (excluding diaryl/α,β-unsaturated/α-hetero) is 1. The van der Waals surface area contributed by atoms with E-state index in [1.807, 2.05) is 43.3 Å². The summed E-state index contributed by atoms with van der Waals surface area (Å²) in [6.07, 6.45) is 1.31. The minimum absolute atomic E-state index is 0. The van der Waals surface area contributed by atoms with Gasteiger partial charge < -0.3 is 4.90 Å². The smallest absolute Gasteiger partial charge is 0.147 e. The van der Waals surface area contributed by atoms with Crippen LogP contribution >= 0.6 is 24.8 Å². The Bertz CT molecular complexity index is 589. The molecule has 0 aliphatic heterocycles. The molecule has 2 nitrogen and oxygen atoms in total. The van der Waals surface area contributed by atoms with Crippen LogP contribution in [0.2, 0.25) is 0 Å². The molecule has 2 rings (SSSR count). The van der Waals surface area contributed by atoms with Crippen LogP contribution in [0.15, 0.2) is 60.7 Å². The predicted octanol–water partition coefficient (Wildman–Crippen LogP) is 5.14. The van der Waals surface area contributed by atoms with Gasteiger partial charge in [-0.3, -0.25) is 4.79 Å². The van der Waals surface area contributed by atoms with Gasteiger partial charge >= 0.3 is 0 Å². The van der Waals surface area contributed by atoms with Crippen molar-refractivity contribution in [1.82, 2.24) is 4.90 Å². The van der Waals surface area contributed by atoms with Crippen molar-refractivity contribution in [2.75, 3.05) is 14.1 Å². The molecule has 2 aromatic carbocycles. The number of halogens is 2. The summed E-state index contributed by atoms with van der Waals surface area (Å²) in [4.78, 5) is 15.4. The summed E-state index contributed by atoms with van der Waals surface area (Å²) in [5, 5.41) is 0. The van der Waals surface area contributed by atoms with Crippen molar-refractivity contribution in [3.05, 3.63) is 71.8 Å². The fourth-order valence-electron chi connectivity index (χ4n) is 3.21.